The van der Waals surface area contributed by atoms with Crippen molar-refractivity contribution in [3.63, 3.8) is 0 Å². The van der Waals surface area contributed by atoms with Crippen LogP contribution in [0.4, 0.5) is 5.69 Å². The Kier molecular flexibility index (Phi) is 8.34. The van der Waals surface area contributed by atoms with Crippen LogP contribution in [-0.4, -0.2) is 51.0 Å². The van der Waals surface area contributed by atoms with Crippen LogP contribution in [0, 0.1) is 6.92 Å². The highest BCUT2D eigenvalue weighted by molar-refractivity contribution is 7.92. The summed E-state index contributed by atoms with van der Waals surface area (Å²) < 4.78 is 25.9. The predicted octanol–water partition coefficient (Wildman–Crippen LogP) is 3.23. The van der Waals surface area contributed by atoms with Gasteiger partial charge >= 0.3 is 0 Å². The summed E-state index contributed by atoms with van der Waals surface area (Å²) in [7, 11) is -2.38. The highest BCUT2D eigenvalue weighted by atomic mass is 35.5. The summed E-state index contributed by atoms with van der Waals surface area (Å²) in [6.45, 7) is 3.12. The Hall–Kier alpha value is -2.29. The molecule has 0 radical (unpaired) electrons. The fourth-order valence-corrected chi connectivity index (χ4v) is 4.46. The van der Waals surface area contributed by atoms with Gasteiger partial charge in [0.1, 0.15) is 12.6 Å². The Bertz CT molecular complexity index is 1080. The maximum Gasteiger partial charge on any atom is 0.244 e. The van der Waals surface area contributed by atoms with E-state index in [0.717, 1.165) is 21.7 Å². The number of halogens is 2. The first-order valence-corrected chi connectivity index (χ1v) is 12.0. The minimum Gasteiger partial charge on any atom is -0.357 e. The second kappa shape index (κ2) is 10.3. The molecule has 1 atom stereocenters. The molecule has 0 spiro atoms. The third-order valence-corrected chi connectivity index (χ3v) is 6.54. The summed E-state index contributed by atoms with van der Waals surface area (Å²) in [6.07, 6.45) is 0.985. The molecule has 2 amide bonds. The summed E-state index contributed by atoms with van der Waals surface area (Å²) in [5.74, 6) is -0.909. The average Bonchev–Trinajstić information content (AvgIpc) is 2.70. The number of hydrogen-bond donors (Lipinski definition) is 1. The van der Waals surface area contributed by atoms with Crippen LogP contribution in [0.25, 0.3) is 0 Å². The zero-order valence-electron chi connectivity index (χ0n) is 17.7. The Balaban J connectivity index is 2.43. The number of anilines is 1. The molecule has 2 aromatic carbocycles. The van der Waals surface area contributed by atoms with Crippen molar-refractivity contribution in [3.05, 3.63) is 63.6 Å². The van der Waals surface area contributed by atoms with Gasteiger partial charge in [0.15, 0.2) is 0 Å². The zero-order valence-corrected chi connectivity index (χ0v) is 20.1. The van der Waals surface area contributed by atoms with Crippen LogP contribution >= 0.6 is 23.2 Å². The lowest BCUT2D eigenvalue weighted by molar-refractivity contribution is -0.139. The van der Waals surface area contributed by atoms with E-state index in [4.69, 9.17) is 23.2 Å². The number of amides is 2. The lowest BCUT2D eigenvalue weighted by Gasteiger charge is -2.31. The molecule has 0 aromatic heterocycles. The first-order valence-electron chi connectivity index (χ1n) is 9.44. The van der Waals surface area contributed by atoms with Gasteiger partial charge in [-0.05, 0) is 43.2 Å². The number of benzene rings is 2. The molecule has 10 heteroatoms. The minimum absolute atomic E-state index is 0.0931. The van der Waals surface area contributed by atoms with E-state index in [0.29, 0.717) is 5.02 Å². The molecule has 1 N–H and O–H groups in total. The SMILES string of the molecule is CNC(=O)C(C)N(Cc1ccccc1C)C(=O)CN(c1ccc(Cl)cc1Cl)S(C)(=O)=O. The summed E-state index contributed by atoms with van der Waals surface area (Å²) in [5.41, 5.74) is 1.93. The molecule has 2 rings (SSSR count). The second-order valence-electron chi connectivity index (χ2n) is 7.10. The number of nitrogens with one attached hydrogen (secondary N) is 1. The molecule has 0 heterocycles. The van der Waals surface area contributed by atoms with Gasteiger partial charge in [-0.15, -0.1) is 0 Å². The van der Waals surface area contributed by atoms with Crippen molar-refractivity contribution < 1.29 is 18.0 Å². The van der Waals surface area contributed by atoms with Crippen LogP contribution in [0.3, 0.4) is 0 Å². The normalized spacial score (nSPS) is 12.2. The quantitative estimate of drug-likeness (QED) is 0.621. The number of sulfonamides is 1. The van der Waals surface area contributed by atoms with Crippen molar-refractivity contribution in [1.82, 2.24) is 10.2 Å². The van der Waals surface area contributed by atoms with Gasteiger partial charge in [-0.1, -0.05) is 47.5 Å². The van der Waals surface area contributed by atoms with E-state index in [1.165, 1.54) is 30.1 Å². The maximum absolute atomic E-state index is 13.3. The average molecular weight is 486 g/mol. The highest BCUT2D eigenvalue weighted by Gasteiger charge is 2.30. The number of nitrogens with zero attached hydrogens (tertiary/aromatic N) is 2. The number of likely N-dealkylation sites (N-methyl/N-ethyl adjacent to an activating group) is 1. The van der Waals surface area contributed by atoms with E-state index in [9.17, 15) is 18.0 Å². The first-order chi connectivity index (χ1) is 14.5. The summed E-state index contributed by atoms with van der Waals surface area (Å²) >= 11 is 12.1. The van der Waals surface area contributed by atoms with Crippen molar-refractivity contribution in [2.24, 2.45) is 0 Å². The standard InChI is InChI=1S/C21H25Cl2N3O4S/c1-14-7-5-6-8-16(14)12-25(15(2)21(28)24-3)20(27)13-26(31(4,29)30)19-10-9-17(22)11-18(19)23/h5-11,15H,12-13H2,1-4H3,(H,24,28). The molecule has 0 saturated carbocycles. The molecule has 0 aliphatic heterocycles. The minimum atomic E-state index is -3.86. The Labute approximate surface area is 193 Å². The van der Waals surface area contributed by atoms with E-state index in [2.05, 4.69) is 5.32 Å². The van der Waals surface area contributed by atoms with Crippen LogP contribution in [0.15, 0.2) is 42.5 Å². The van der Waals surface area contributed by atoms with Crippen molar-refractivity contribution in [2.75, 3.05) is 24.2 Å². The number of carbonyl (C=O) groups is 2. The third kappa shape index (κ3) is 6.35. The Morgan fingerprint density at radius 3 is 2.32 bits per heavy atom. The van der Waals surface area contributed by atoms with Gasteiger partial charge in [0, 0.05) is 18.6 Å². The predicted molar refractivity (Wildman–Crippen MR) is 124 cm³/mol. The van der Waals surface area contributed by atoms with E-state index in [1.807, 2.05) is 31.2 Å². The van der Waals surface area contributed by atoms with Crippen molar-refractivity contribution in [1.29, 1.82) is 0 Å². The fraction of sp³-hybridized carbons (Fsp3) is 0.333. The zero-order chi connectivity index (χ0) is 23.3. The van der Waals surface area contributed by atoms with Crippen LogP contribution in [0.5, 0.6) is 0 Å². The van der Waals surface area contributed by atoms with E-state index in [-0.39, 0.29) is 23.2 Å². The molecule has 7 nitrogen and oxygen atoms in total. The number of rotatable bonds is 8. The van der Waals surface area contributed by atoms with Gasteiger partial charge in [0.25, 0.3) is 0 Å². The van der Waals surface area contributed by atoms with E-state index >= 15 is 0 Å². The van der Waals surface area contributed by atoms with Gasteiger partial charge in [-0.25, -0.2) is 8.42 Å². The molecule has 0 aliphatic rings. The maximum atomic E-state index is 13.3. The molecule has 168 valence electrons. The summed E-state index contributed by atoms with van der Waals surface area (Å²) in [5, 5.41) is 2.96. The highest BCUT2D eigenvalue weighted by Crippen LogP contribution is 2.30. The summed E-state index contributed by atoms with van der Waals surface area (Å²) in [4.78, 5) is 27.0. The lowest BCUT2D eigenvalue weighted by Crippen LogP contribution is -2.50. The second-order valence-corrected chi connectivity index (χ2v) is 9.85. The largest absolute Gasteiger partial charge is 0.357 e. The molecular weight excluding hydrogens is 461 g/mol. The summed E-state index contributed by atoms with van der Waals surface area (Å²) in [6, 6.07) is 11.0. The number of hydrogen-bond acceptors (Lipinski definition) is 4. The topological polar surface area (TPSA) is 86.8 Å². The number of carbonyl (C=O) groups excluding carboxylic acids is 2. The molecule has 31 heavy (non-hydrogen) atoms. The molecule has 0 fully saturated rings. The molecular formula is C21H25Cl2N3O4S. The van der Waals surface area contributed by atoms with Crippen LogP contribution in [-0.2, 0) is 26.2 Å². The first kappa shape index (κ1) is 25.0. The van der Waals surface area contributed by atoms with Crippen LogP contribution in [0.2, 0.25) is 10.0 Å². The Morgan fingerprint density at radius 2 is 1.77 bits per heavy atom. The van der Waals surface area contributed by atoms with Gasteiger partial charge < -0.3 is 10.2 Å². The monoisotopic (exact) mass is 485 g/mol. The van der Waals surface area contributed by atoms with Crippen molar-refractivity contribution >= 4 is 50.7 Å². The third-order valence-electron chi connectivity index (χ3n) is 4.87. The lowest BCUT2D eigenvalue weighted by atomic mass is 10.1. The molecule has 2 aromatic rings. The fourth-order valence-electron chi connectivity index (χ4n) is 3.04. The van der Waals surface area contributed by atoms with Gasteiger partial charge in [-0.2, -0.15) is 0 Å². The van der Waals surface area contributed by atoms with Gasteiger partial charge in [0.05, 0.1) is 17.0 Å². The van der Waals surface area contributed by atoms with Crippen LogP contribution < -0.4 is 9.62 Å². The molecule has 1 unspecified atom stereocenters. The van der Waals surface area contributed by atoms with E-state index < -0.39 is 28.5 Å². The molecule has 0 aliphatic carbocycles. The number of aryl methyl sites for hydroxylation is 1. The molecule has 0 bridgehead atoms. The smallest absolute Gasteiger partial charge is 0.244 e. The van der Waals surface area contributed by atoms with Crippen LogP contribution in [0.1, 0.15) is 18.1 Å². The van der Waals surface area contributed by atoms with Gasteiger partial charge in [0.2, 0.25) is 21.8 Å². The van der Waals surface area contributed by atoms with E-state index in [1.54, 1.807) is 6.92 Å². The van der Waals surface area contributed by atoms with Gasteiger partial charge in [-0.3, -0.25) is 13.9 Å². The van der Waals surface area contributed by atoms with Crippen molar-refractivity contribution in [2.45, 2.75) is 26.4 Å². The van der Waals surface area contributed by atoms with Crippen molar-refractivity contribution in [3.8, 4) is 0 Å². The Morgan fingerprint density at radius 1 is 1.13 bits per heavy atom. The molecule has 0 saturated heterocycles.